The molecule has 0 bridgehead atoms. The van der Waals surface area contributed by atoms with Crippen LogP contribution in [-0.2, 0) is 5.75 Å². The lowest BCUT2D eigenvalue weighted by Gasteiger charge is -2.07. The zero-order valence-electron chi connectivity index (χ0n) is 16.5. The Balaban J connectivity index is 1.41. The Morgan fingerprint density at radius 3 is 2.97 bits per heavy atom. The number of benzene rings is 1. The van der Waals surface area contributed by atoms with Crippen molar-refractivity contribution in [2.24, 2.45) is 0 Å². The molecule has 0 fully saturated rings. The average Bonchev–Trinajstić information content (AvgIpc) is 3.40. The van der Waals surface area contributed by atoms with Crippen molar-refractivity contribution in [3.63, 3.8) is 0 Å². The molecule has 11 heteroatoms. The number of fused-ring (bicyclic) bond motifs is 1. The number of thioether (sulfide) groups is 1. The van der Waals surface area contributed by atoms with Crippen LogP contribution in [-0.4, -0.2) is 38.1 Å². The number of methoxy groups -OCH3 is 1. The molecule has 156 valence electrons. The molecule has 31 heavy (non-hydrogen) atoms. The van der Waals surface area contributed by atoms with Gasteiger partial charge in [-0.2, -0.15) is 0 Å². The number of ether oxygens (including phenoxy) is 1. The Hall–Kier alpha value is -3.62. The van der Waals surface area contributed by atoms with Crippen molar-refractivity contribution < 1.29 is 14.6 Å². The number of imidazole rings is 1. The second-order valence-electron chi connectivity index (χ2n) is 6.37. The van der Waals surface area contributed by atoms with Gasteiger partial charge in [0, 0.05) is 17.3 Å². The van der Waals surface area contributed by atoms with E-state index in [9.17, 15) is 9.90 Å². The van der Waals surface area contributed by atoms with Crippen LogP contribution in [0, 0.1) is 13.5 Å². The van der Waals surface area contributed by atoms with E-state index in [0.29, 0.717) is 33.0 Å². The van der Waals surface area contributed by atoms with E-state index in [1.165, 1.54) is 42.5 Å². The zero-order chi connectivity index (χ0) is 22.0. The van der Waals surface area contributed by atoms with Crippen molar-refractivity contribution in [1.29, 1.82) is 0 Å². The summed E-state index contributed by atoms with van der Waals surface area (Å²) in [6.45, 7) is 8.98. The number of nitrogens with zero attached hydrogens (tertiary/aromatic N) is 4. The number of aromatic nitrogens is 4. The van der Waals surface area contributed by atoms with Crippen molar-refractivity contribution in [2.45, 2.75) is 17.8 Å². The third-order valence-electron chi connectivity index (χ3n) is 4.37. The largest absolute Gasteiger partial charge is 0.504 e. The Labute approximate surface area is 185 Å². The molecule has 0 unspecified atom stereocenters. The number of phenolic OH excluding ortho intramolecular Hbond substituents is 1. The number of aromatic amines is 1. The van der Waals surface area contributed by atoms with E-state index in [1.807, 2.05) is 6.92 Å². The van der Waals surface area contributed by atoms with Gasteiger partial charge in [0.25, 0.3) is 11.7 Å². The molecule has 0 saturated heterocycles. The third kappa shape index (κ3) is 4.30. The van der Waals surface area contributed by atoms with Crippen molar-refractivity contribution >= 4 is 51.5 Å². The van der Waals surface area contributed by atoms with E-state index in [2.05, 4.69) is 30.1 Å². The molecule has 4 aromatic rings. The number of thiazole rings is 1. The highest BCUT2D eigenvalue weighted by Crippen LogP contribution is 2.30. The van der Waals surface area contributed by atoms with Gasteiger partial charge in [-0.1, -0.05) is 18.3 Å². The molecule has 0 aliphatic rings. The number of rotatable bonds is 6. The van der Waals surface area contributed by atoms with Gasteiger partial charge >= 0.3 is 0 Å². The van der Waals surface area contributed by atoms with Crippen LogP contribution < -0.4 is 10.1 Å². The Bertz CT molecular complexity index is 1320. The summed E-state index contributed by atoms with van der Waals surface area (Å²) < 4.78 is 5.00. The van der Waals surface area contributed by atoms with Gasteiger partial charge in [-0.3, -0.25) is 4.79 Å². The maximum Gasteiger partial charge on any atom is 0.274 e. The van der Waals surface area contributed by atoms with Gasteiger partial charge in [-0.05, 0) is 19.1 Å². The smallest absolute Gasteiger partial charge is 0.274 e. The summed E-state index contributed by atoms with van der Waals surface area (Å²) in [4.78, 5) is 32.5. The number of phenols is 1. The molecule has 0 aliphatic heterocycles. The van der Waals surface area contributed by atoms with Gasteiger partial charge in [-0.15, -0.1) is 16.3 Å². The van der Waals surface area contributed by atoms with E-state index in [4.69, 9.17) is 11.3 Å². The Morgan fingerprint density at radius 2 is 2.23 bits per heavy atom. The predicted molar refractivity (Wildman–Crippen MR) is 119 cm³/mol. The minimum atomic E-state index is -0.310. The lowest BCUT2D eigenvalue weighted by Crippen LogP contribution is -2.09. The number of hydrogen-bond donors (Lipinski definition) is 3. The van der Waals surface area contributed by atoms with Gasteiger partial charge in [0.1, 0.15) is 21.6 Å². The van der Waals surface area contributed by atoms with Crippen LogP contribution in [0.1, 0.15) is 20.2 Å². The fourth-order valence-electron chi connectivity index (χ4n) is 2.83. The van der Waals surface area contributed by atoms with Gasteiger partial charge in [0.15, 0.2) is 16.7 Å². The fourth-order valence-corrected chi connectivity index (χ4v) is 4.52. The van der Waals surface area contributed by atoms with Gasteiger partial charge < -0.3 is 25.0 Å². The number of aromatic hydroxyl groups is 1. The first-order chi connectivity index (χ1) is 15.0. The van der Waals surface area contributed by atoms with Gasteiger partial charge in [0.05, 0.1) is 24.6 Å². The highest BCUT2D eigenvalue weighted by molar-refractivity contribution is 7.98. The molecular formula is C20H16N6O3S2. The normalized spacial score (nSPS) is 10.7. The molecule has 1 aromatic carbocycles. The summed E-state index contributed by atoms with van der Waals surface area (Å²) in [5.74, 6) is 0.841. The first-order valence-corrected chi connectivity index (χ1v) is 10.8. The topological polar surface area (TPSA) is 117 Å². The molecule has 9 nitrogen and oxygen atoms in total. The number of carbonyl (C=O) groups is 1. The molecule has 0 radical (unpaired) electrons. The average molecular weight is 453 g/mol. The van der Waals surface area contributed by atoms with Crippen molar-refractivity contribution in [3.05, 3.63) is 57.5 Å². The Kier molecular flexibility index (Phi) is 5.75. The number of pyridine rings is 1. The van der Waals surface area contributed by atoms with Gasteiger partial charge in [-0.25, -0.2) is 9.97 Å². The molecule has 0 aliphatic carbocycles. The van der Waals surface area contributed by atoms with Crippen molar-refractivity contribution in [3.8, 4) is 11.5 Å². The van der Waals surface area contributed by atoms with E-state index >= 15 is 0 Å². The highest BCUT2D eigenvalue weighted by atomic mass is 32.2. The van der Waals surface area contributed by atoms with Crippen LogP contribution in [0.2, 0.25) is 0 Å². The second kappa shape index (κ2) is 8.63. The predicted octanol–water partition coefficient (Wildman–Crippen LogP) is 4.53. The lowest BCUT2D eigenvalue weighted by molar-refractivity contribution is 0.103. The maximum absolute atomic E-state index is 12.5. The van der Waals surface area contributed by atoms with E-state index in [0.717, 1.165) is 21.6 Å². The first kappa shape index (κ1) is 20.6. The number of aryl methyl sites for hydroxylation is 1. The van der Waals surface area contributed by atoms with Crippen LogP contribution in [0.5, 0.6) is 11.5 Å². The fraction of sp³-hybridized carbons (Fsp3) is 0.150. The summed E-state index contributed by atoms with van der Waals surface area (Å²) in [5, 5.41) is 14.0. The van der Waals surface area contributed by atoms with Crippen LogP contribution in [0.15, 0.2) is 35.7 Å². The molecule has 1 amide bonds. The van der Waals surface area contributed by atoms with E-state index < -0.39 is 0 Å². The van der Waals surface area contributed by atoms with Crippen LogP contribution in [0.25, 0.3) is 15.9 Å². The summed E-state index contributed by atoms with van der Waals surface area (Å²) in [6, 6.07) is 4.64. The molecule has 0 spiro atoms. The van der Waals surface area contributed by atoms with Gasteiger partial charge in [0.2, 0.25) is 0 Å². The lowest BCUT2D eigenvalue weighted by atomic mass is 10.2. The minimum Gasteiger partial charge on any atom is -0.504 e. The minimum absolute atomic E-state index is 0.0542. The van der Waals surface area contributed by atoms with E-state index in [1.54, 1.807) is 18.3 Å². The molecule has 0 atom stereocenters. The van der Waals surface area contributed by atoms with Crippen LogP contribution in [0.4, 0.5) is 11.5 Å². The number of hydrogen-bond acceptors (Lipinski definition) is 8. The maximum atomic E-state index is 12.5. The first-order valence-electron chi connectivity index (χ1n) is 8.97. The number of anilines is 1. The Morgan fingerprint density at radius 1 is 1.39 bits per heavy atom. The van der Waals surface area contributed by atoms with Crippen molar-refractivity contribution in [2.75, 3.05) is 12.4 Å². The number of amides is 1. The monoisotopic (exact) mass is 452 g/mol. The zero-order valence-corrected chi connectivity index (χ0v) is 18.1. The molecule has 0 saturated carbocycles. The molecule has 4 rings (SSSR count). The molecular weight excluding hydrogens is 436 g/mol. The number of nitrogens with one attached hydrogen (secondary N) is 2. The molecule has 3 aromatic heterocycles. The van der Waals surface area contributed by atoms with Crippen molar-refractivity contribution in [1.82, 2.24) is 19.9 Å². The second-order valence-corrected chi connectivity index (χ2v) is 8.45. The van der Waals surface area contributed by atoms with Crippen LogP contribution in [0.3, 0.4) is 0 Å². The number of carbonyl (C=O) groups excluding carboxylic acids is 1. The molecule has 3 N–H and O–H groups in total. The SMILES string of the molecule is [C-]#[N+]c1ncc2[nH]c(SCc3ncc(C(=O)Nc4ccc(OC)c(O)c4)s3)nc2c1C. The van der Waals surface area contributed by atoms with E-state index in [-0.39, 0.29) is 11.7 Å². The van der Waals surface area contributed by atoms with Crippen LogP contribution >= 0.6 is 23.1 Å². The summed E-state index contributed by atoms with van der Waals surface area (Å²) >= 11 is 2.74. The standard InChI is InChI=1S/C20H16N6O3S2/c1-10-17-12(7-23-18(10)21-2)25-20(26-17)30-9-16-22-8-15(31-16)19(28)24-11-4-5-14(29-3)13(27)6-11/h4-8,27H,9H2,1,3H3,(H,24,28)(H,25,26). The number of H-pyrrole nitrogens is 1. The summed E-state index contributed by atoms with van der Waals surface area (Å²) in [5.41, 5.74) is 2.70. The summed E-state index contributed by atoms with van der Waals surface area (Å²) in [7, 11) is 1.46. The highest BCUT2D eigenvalue weighted by Gasteiger charge is 2.14. The third-order valence-corrected chi connectivity index (χ3v) is 6.43. The summed E-state index contributed by atoms with van der Waals surface area (Å²) in [6.07, 6.45) is 3.13. The quantitative estimate of drug-likeness (QED) is 0.290. The molecule has 3 heterocycles.